The van der Waals surface area contributed by atoms with Crippen LogP contribution in [-0.4, -0.2) is 58.0 Å². The van der Waals surface area contributed by atoms with E-state index in [9.17, 15) is 9.59 Å². The quantitative estimate of drug-likeness (QED) is 0.278. The van der Waals surface area contributed by atoms with Gasteiger partial charge in [-0.1, -0.05) is 29.3 Å². The molecule has 1 amide bonds. The molecular formula is C30H32Cl2N6O3. The third kappa shape index (κ3) is 6.57. The first-order chi connectivity index (χ1) is 19.5. The monoisotopic (exact) mass is 594 g/mol. The summed E-state index contributed by atoms with van der Waals surface area (Å²) in [6.07, 6.45) is 1.72. The van der Waals surface area contributed by atoms with E-state index in [0.29, 0.717) is 64.9 Å². The minimum atomic E-state index is -0.517. The van der Waals surface area contributed by atoms with Gasteiger partial charge >= 0.3 is 6.09 Å². The molecule has 214 valence electrons. The normalized spacial score (nSPS) is 13.9. The lowest BCUT2D eigenvalue weighted by Gasteiger charge is -2.37. The Bertz CT molecular complexity index is 1640. The van der Waals surface area contributed by atoms with E-state index in [-0.39, 0.29) is 11.7 Å². The fraction of sp³-hybridized carbons (Fsp3) is 0.333. The van der Waals surface area contributed by atoms with Gasteiger partial charge in [0.1, 0.15) is 11.4 Å². The van der Waals surface area contributed by atoms with Crippen LogP contribution in [0.1, 0.15) is 37.6 Å². The van der Waals surface area contributed by atoms with Crippen LogP contribution in [0, 0.1) is 6.92 Å². The second kappa shape index (κ2) is 11.6. The maximum atomic E-state index is 12.8. The first kappa shape index (κ1) is 28.7. The third-order valence-electron chi connectivity index (χ3n) is 6.85. The average Bonchev–Trinajstić information content (AvgIpc) is 2.90. The Hall–Kier alpha value is -3.82. The van der Waals surface area contributed by atoms with Gasteiger partial charge in [0.2, 0.25) is 0 Å². The first-order valence-corrected chi connectivity index (χ1v) is 14.1. The van der Waals surface area contributed by atoms with E-state index < -0.39 is 5.60 Å². The predicted octanol–water partition coefficient (Wildman–Crippen LogP) is 6.32. The van der Waals surface area contributed by atoms with Crippen LogP contribution in [0.2, 0.25) is 10.0 Å². The molecule has 0 radical (unpaired) electrons. The summed E-state index contributed by atoms with van der Waals surface area (Å²) >= 11 is 12.8. The molecule has 11 heteroatoms. The largest absolute Gasteiger partial charge is 0.444 e. The van der Waals surface area contributed by atoms with Crippen molar-refractivity contribution in [2.45, 2.75) is 39.7 Å². The van der Waals surface area contributed by atoms with Gasteiger partial charge in [0.15, 0.2) is 0 Å². The number of nitrogens with zero attached hydrogens (tertiary/aromatic N) is 4. The molecule has 0 atom stereocenters. The van der Waals surface area contributed by atoms with Crippen molar-refractivity contribution >= 4 is 57.3 Å². The number of carbonyl (C=O) groups is 1. The van der Waals surface area contributed by atoms with Crippen LogP contribution >= 0.6 is 23.2 Å². The number of piperazine rings is 1. The average molecular weight is 596 g/mol. The molecule has 5 rings (SSSR count). The van der Waals surface area contributed by atoms with E-state index >= 15 is 0 Å². The van der Waals surface area contributed by atoms with Crippen molar-refractivity contribution in [1.29, 1.82) is 0 Å². The Morgan fingerprint density at radius 3 is 2.44 bits per heavy atom. The van der Waals surface area contributed by atoms with Crippen LogP contribution in [0.25, 0.3) is 10.8 Å². The van der Waals surface area contributed by atoms with E-state index in [1.807, 2.05) is 52.0 Å². The van der Waals surface area contributed by atoms with Crippen molar-refractivity contribution in [3.8, 4) is 0 Å². The summed E-state index contributed by atoms with van der Waals surface area (Å²) in [6, 6.07) is 13.2. The number of halogens is 2. The molecule has 0 unspecified atom stereocenters. The van der Waals surface area contributed by atoms with Crippen LogP contribution in [0.5, 0.6) is 0 Å². The molecule has 1 aliphatic heterocycles. The lowest BCUT2D eigenvalue weighted by molar-refractivity contribution is 0.0240. The highest BCUT2D eigenvalue weighted by atomic mass is 35.5. The molecule has 9 nitrogen and oxygen atoms in total. The Morgan fingerprint density at radius 1 is 1.07 bits per heavy atom. The zero-order valence-corrected chi connectivity index (χ0v) is 24.9. The second-order valence-electron chi connectivity index (χ2n) is 11.1. The molecule has 1 aliphatic rings. The highest BCUT2D eigenvalue weighted by Gasteiger charge is 2.26. The summed E-state index contributed by atoms with van der Waals surface area (Å²) in [6.45, 7) is 10.2. The molecular weight excluding hydrogens is 563 g/mol. The number of aromatic amines is 1. The Labute approximate surface area is 248 Å². The fourth-order valence-electron chi connectivity index (χ4n) is 4.92. The highest BCUT2D eigenvalue weighted by Crippen LogP contribution is 2.31. The minimum Gasteiger partial charge on any atom is -0.444 e. The van der Waals surface area contributed by atoms with Crippen molar-refractivity contribution in [1.82, 2.24) is 20.1 Å². The summed E-state index contributed by atoms with van der Waals surface area (Å²) in [5.41, 5.74) is 3.53. The van der Waals surface area contributed by atoms with Crippen LogP contribution in [0.3, 0.4) is 0 Å². The molecule has 2 N–H and O–H groups in total. The summed E-state index contributed by atoms with van der Waals surface area (Å²) in [5.74, 6) is 0.419. The van der Waals surface area contributed by atoms with E-state index in [0.717, 1.165) is 22.5 Å². The molecule has 3 heterocycles. The third-order valence-corrected chi connectivity index (χ3v) is 7.56. The lowest BCUT2D eigenvalue weighted by atomic mass is 10.1. The molecule has 1 fully saturated rings. The Morgan fingerprint density at radius 2 is 1.78 bits per heavy atom. The zero-order valence-electron chi connectivity index (χ0n) is 23.4. The van der Waals surface area contributed by atoms with Gasteiger partial charge in [-0.05, 0) is 75.2 Å². The van der Waals surface area contributed by atoms with Gasteiger partial charge in [-0.25, -0.2) is 14.9 Å². The molecule has 0 aliphatic carbocycles. The number of aromatic nitrogens is 3. The first-order valence-electron chi connectivity index (χ1n) is 13.4. The van der Waals surface area contributed by atoms with E-state index in [2.05, 4.69) is 20.4 Å². The summed E-state index contributed by atoms with van der Waals surface area (Å²) in [7, 11) is 0. The zero-order chi connectivity index (χ0) is 29.3. The summed E-state index contributed by atoms with van der Waals surface area (Å²) < 4.78 is 5.52. The molecule has 41 heavy (non-hydrogen) atoms. The number of aryl methyl sites for hydroxylation is 1. The second-order valence-corrected chi connectivity index (χ2v) is 11.9. The van der Waals surface area contributed by atoms with Crippen LogP contribution < -0.4 is 15.8 Å². The Kier molecular flexibility index (Phi) is 8.11. The molecule has 2 aromatic heterocycles. The van der Waals surface area contributed by atoms with Crippen molar-refractivity contribution in [2.24, 2.45) is 0 Å². The number of pyridine rings is 1. The number of ether oxygens (including phenoxy) is 1. The molecule has 0 spiro atoms. The SMILES string of the molecule is Cc1cc(Nc2nc(Cc3c(Cl)cccc3Cl)cc3cn[nH]c(=O)c23)ccc1N1CCN(C(=O)OC(C)(C)C)CC1. The maximum absolute atomic E-state index is 12.8. The molecule has 0 saturated carbocycles. The van der Waals surface area contributed by atoms with Gasteiger partial charge in [0.25, 0.3) is 5.56 Å². The number of hydrogen-bond acceptors (Lipinski definition) is 7. The standard InChI is InChI=1S/C30H32Cl2N6O3/c1-18-14-20(8-9-25(18)37-10-12-38(13-11-37)29(40)41-30(2,3)4)34-27-26-19(17-33-36-28(26)39)15-21(35-27)16-22-23(31)6-5-7-24(22)32/h5-9,14-15,17H,10-13,16H2,1-4H3,(H,34,35)(H,36,39). The van der Waals surface area contributed by atoms with Crippen LogP contribution in [0.15, 0.2) is 53.5 Å². The van der Waals surface area contributed by atoms with Crippen molar-refractivity contribution in [3.05, 3.63) is 85.9 Å². The van der Waals surface area contributed by atoms with Crippen LogP contribution in [-0.2, 0) is 11.2 Å². The van der Waals surface area contributed by atoms with Crippen molar-refractivity contribution < 1.29 is 9.53 Å². The number of H-pyrrole nitrogens is 1. The topological polar surface area (TPSA) is 103 Å². The van der Waals surface area contributed by atoms with Crippen LogP contribution in [0.4, 0.5) is 22.0 Å². The number of nitrogens with one attached hydrogen (secondary N) is 2. The fourth-order valence-corrected chi connectivity index (χ4v) is 5.45. The number of fused-ring (bicyclic) bond motifs is 1. The van der Waals surface area contributed by atoms with E-state index in [4.69, 9.17) is 32.9 Å². The van der Waals surface area contributed by atoms with Crippen molar-refractivity contribution in [3.63, 3.8) is 0 Å². The van der Waals surface area contributed by atoms with Gasteiger partial charge in [-0.3, -0.25) is 4.79 Å². The number of carbonyl (C=O) groups excluding carboxylic acids is 1. The lowest BCUT2D eigenvalue weighted by Crippen LogP contribution is -2.50. The summed E-state index contributed by atoms with van der Waals surface area (Å²) in [5, 5.41) is 12.0. The molecule has 0 bridgehead atoms. The van der Waals surface area contributed by atoms with E-state index in [1.165, 1.54) is 0 Å². The number of hydrogen-bond donors (Lipinski definition) is 2. The molecule has 4 aromatic rings. The highest BCUT2D eigenvalue weighted by molar-refractivity contribution is 6.36. The number of amides is 1. The van der Waals surface area contributed by atoms with E-state index in [1.54, 1.807) is 29.3 Å². The molecule has 2 aromatic carbocycles. The predicted molar refractivity (Wildman–Crippen MR) is 164 cm³/mol. The number of benzene rings is 2. The van der Waals surface area contributed by atoms with Gasteiger partial charge in [0, 0.05) is 65.1 Å². The summed E-state index contributed by atoms with van der Waals surface area (Å²) in [4.78, 5) is 34.0. The smallest absolute Gasteiger partial charge is 0.410 e. The number of rotatable bonds is 5. The van der Waals surface area contributed by atoms with Gasteiger partial charge in [-0.15, -0.1) is 0 Å². The van der Waals surface area contributed by atoms with Crippen molar-refractivity contribution in [2.75, 3.05) is 36.4 Å². The van der Waals surface area contributed by atoms with Gasteiger partial charge in [0.05, 0.1) is 11.6 Å². The Balaban J connectivity index is 1.37. The van der Waals surface area contributed by atoms with Gasteiger partial charge in [-0.2, -0.15) is 5.10 Å². The maximum Gasteiger partial charge on any atom is 0.410 e. The molecule has 1 saturated heterocycles. The number of anilines is 3. The minimum absolute atomic E-state index is 0.280. The van der Waals surface area contributed by atoms with Gasteiger partial charge < -0.3 is 19.9 Å².